The monoisotopic (exact) mass is 476 g/mol. The number of halogens is 2. The predicted octanol–water partition coefficient (Wildman–Crippen LogP) is 5.03. The molecule has 0 bridgehead atoms. The van der Waals surface area contributed by atoms with E-state index in [-0.39, 0.29) is 17.3 Å². The van der Waals surface area contributed by atoms with Crippen molar-refractivity contribution < 1.29 is 13.5 Å². The number of fused-ring (bicyclic) bond motifs is 2. The third-order valence-corrected chi connectivity index (χ3v) is 7.15. The van der Waals surface area contributed by atoms with Crippen LogP contribution in [-0.4, -0.2) is 51.5 Å². The number of pyridine rings is 1. The fraction of sp³-hybridized carbons (Fsp3) is 0.385. The topological polar surface area (TPSA) is 79.8 Å². The molecular weight excluding hydrogens is 450 g/mol. The van der Waals surface area contributed by atoms with Crippen molar-refractivity contribution in [2.24, 2.45) is 0 Å². The number of nitrogens with one attached hydrogen (secondary N) is 1. The highest BCUT2D eigenvalue weighted by Crippen LogP contribution is 2.39. The summed E-state index contributed by atoms with van der Waals surface area (Å²) in [6.45, 7) is 5.02. The summed E-state index contributed by atoms with van der Waals surface area (Å²) < 4.78 is 36.3. The summed E-state index contributed by atoms with van der Waals surface area (Å²) in [5.41, 5.74) is 3.62. The van der Waals surface area contributed by atoms with Gasteiger partial charge < -0.3 is 9.64 Å². The van der Waals surface area contributed by atoms with Crippen molar-refractivity contribution in [3.8, 4) is 22.6 Å². The van der Waals surface area contributed by atoms with Crippen molar-refractivity contribution in [3.63, 3.8) is 0 Å². The number of ether oxygens (including phenoxy) is 1. The van der Waals surface area contributed by atoms with Gasteiger partial charge in [-0.2, -0.15) is 5.10 Å². The lowest BCUT2D eigenvalue weighted by molar-refractivity contribution is 0.122. The van der Waals surface area contributed by atoms with Crippen LogP contribution >= 0.6 is 0 Å². The molecule has 1 aliphatic heterocycles. The van der Waals surface area contributed by atoms with E-state index in [0.717, 1.165) is 49.3 Å². The number of aromatic amines is 1. The molecule has 0 saturated carbocycles. The Bertz CT molecular complexity index is 1380. The molecule has 1 atom stereocenters. The van der Waals surface area contributed by atoms with E-state index in [2.05, 4.69) is 37.0 Å². The highest BCUT2D eigenvalue weighted by Gasteiger charge is 2.28. The Morgan fingerprint density at radius 1 is 1.14 bits per heavy atom. The molecule has 0 amide bonds. The van der Waals surface area contributed by atoms with E-state index in [1.807, 2.05) is 12.1 Å². The van der Waals surface area contributed by atoms with E-state index in [1.54, 1.807) is 6.20 Å². The van der Waals surface area contributed by atoms with Crippen LogP contribution in [0.4, 0.5) is 14.6 Å². The molecule has 3 aromatic heterocycles. The number of nitrogens with zero attached hydrogens (tertiary/aromatic N) is 5. The number of H-pyrrole nitrogens is 1. The van der Waals surface area contributed by atoms with Crippen molar-refractivity contribution in [2.75, 3.05) is 31.2 Å². The molecule has 0 radical (unpaired) electrons. The summed E-state index contributed by atoms with van der Waals surface area (Å²) in [6.07, 6.45) is 6.59. The van der Waals surface area contributed by atoms with Crippen LogP contribution in [0.1, 0.15) is 43.2 Å². The highest BCUT2D eigenvalue weighted by molar-refractivity contribution is 5.90. The minimum absolute atomic E-state index is 0.0227. The second-order valence-corrected chi connectivity index (χ2v) is 9.15. The molecule has 1 fully saturated rings. The number of rotatable bonds is 4. The largest absolute Gasteiger partial charge is 0.378 e. The predicted molar refractivity (Wildman–Crippen MR) is 129 cm³/mol. The fourth-order valence-electron chi connectivity index (χ4n) is 5.25. The quantitative estimate of drug-likeness (QED) is 0.445. The lowest BCUT2D eigenvalue weighted by atomic mass is 9.80. The molecule has 180 valence electrons. The molecule has 4 aromatic rings. The van der Waals surface area contributed by atoms with Crippen LogP contribution < -0.4 is 4.90 Å². The third-order valence-electron chi connectivity index (χ3n) is 7.15. The van der Waals surface area contributed by atoms with Crippen LogP contribution in [0.25, 0.3) is 33.7 Å². The number of morpholine rings is 1. The normalized spacial score (nSPS) is 18.1. The summed E-state index contributed by atoms with van der Waals surface area (Å²) in [5.74, 6) is -0.0829. The van der Waals surface area contributed by atoms with Gasteiger partial charge in [-0.3, -0.25) is 5.10 Å². The Hall–Kier alpha value is -3.46. The molecule has 4 heterocycles. The van der Waals surface area contributed by atoms with Gasteiger partial charge in [-0.15, -0.1) is 0 Å². The first-order valence-electron chi connectivity index (χ1n) is 12.2. The summed E-state index contributed by atoms with van der Waals surface area (Å²) in [4.78, 5) is 15.6. The zero-order chi connectivity index (χ0) is 23.9. The molecule has 35 heavy (non-hydrogen) atoms. The van der Waals surface area contributed by atoms with Crippen molar-refractivity contribution in [1.82, 2.24) is 25.1 Å². The first kappa shape index (κ1) is 22.0. The summed E-state index contributed by atoms with van der Waals surface area (Å²) in [6, 6.07) is 5.36. The maximum atomic E-state index is 15.6. The van der Waals surface area contributed by atoms with E-state index >= 15 is 8.78 Å². The number of hydrogen-bond acceptors (Lipinski definition) is 6. The molecule has 1 aliphatic carbocycles. The number of anilines is 1. The van der Waals surface area contributed by atoms with E-state index in [0.29, 0.717) is 41.9 Å². The van der Waals surface area contributed by atoms with Gasteiger partial charge in [-0.05, 0) is 60.9 Å². The van der Waals surface area contributed by atoms with Gasteiger partial charge in [-0.25, -0.2) is 23.7 Å². The molecule has 7 nitrogen and oxygen atoms in total. The Balaban J connectivity index is 1.39. The first-order valence-corrected chi connectivity index (χ1v) is 12.2. The number of hydrogen-bond donors (Lipinski definition) is 1. The molecule has 0 spiro atoms. The first-order chi connectivity index (χ1) is 17.1. The van der Waals surface area contributed by atoms with Gasteiger partial charge >= 0.3 is 0 Å². The van der Waals surface area contributed by atoms with Crippen LogP contribution in [0, 0.1) is 11.6 Å². The standard InChI is InChI=1S/C26H26F2N6O/c1-2-15-4-3-5-17-18(15)12-19(27)22(23(17)28)26-30-14-20-25(31-26)24(33-32-20)16-6-7-21(29-13-16)34-8-10-35-11-9-34/h6-7,12-15H,2-5,8-11H2,1H3,(H,32,33). The van der Waals surface area contributed by atoms with Crippen LogP contribution in [0.15, 0.2) is 30.6 Å². The van der Waals surface area contributed by atoms with Crippen LogP contribution in [0.5, 0.6) is 0 Å². The smallest absolute Gasteiger partial charge is 0.165 e. The van der Waals surface area contributed by atoms with Gasteiger partial charge in [0.05, 0.1) is 25.0 Å². The summed E-state index contributed by atoms with van der Waals surface area (Å²) in [5, 5.41) is 7.31. The van der Waals surface area contributed by atoms with Crippen LogP contribution in [-0.2, 0) is 11.2 Å². The van der Waals surface area contributed by atoms with Crippen LogP contribution in [0.3, 0.4) is 0 Å². The van der Waals surface area contributed by atoms with Gasteiger partial charge in [0.15, 0.2) is 5.82 Å². The highest BCUT2D eigenvalue weighted by atomic mass is 19.1. The second kappa shape index (κ2) is 8.96. The minimum Gasteiger partial charge on any atom is -0.378 e. The average Bonchev–Trinajstić information content (AvgIpc) is 3.32. The molecule has 1 aromatic carbocycles. The van der Waals surface area contributed by atoms with Gasteiger partial charge in [0.25, 0.3) is 0 Å². The average molecular weight is 477 g/mol. The molecule has 2 aliphatic rings. The Morgan fingerprint density at radius 2 is 2.00 bits per heavy atom. The molecule has 1 unspecified atom stereocenters. The molecule has 9 heteroatoms. The van der Waals surface area contributed by atoms with Gasteiger partial charge in [0.1, 0.15) is 34.2 Å². The number of aromatic nitrogens is 5. The van der Waals surface area contributed by atoms with Crippen molar-refractivity contribution >= 4 is 16.9 Å². The van der Waals surface area contributed by atoms with Crippen molar-refractivity contribution in [3.05, 3.63) is 53.4 Å². The lowest BCUT2D eigenvalue weighted by Gasteiger charge is -2.27. The molecule has 1 saturated heterocycles. The minimum atomic E-state index is -0.623. The lowest BCUT2D eigenvalue weighted by Crippen LogP contribution is -2.36. The summed E-state index contributed by atoms with van der Waals surface area (Å²) >= 11 is 0. The summed E-state index contributed by atoms with van der Waals surface area (Å²) in [7, 11) is 0. The van der Waals surface area contributed by atoms with Crippen molar-refractivity contribution in [1.29, 1.82) is 0 Å². The van der Waals surface area contributed by atoms with Gasteiger partial charge in [-0.1, -0.05) is 6.92 Å². The third kappa shape index (κ3) is 3.83. The number of benzene rings is 1. The Kier molecular flexibility index (Phi) is 5.64. The molecular formula is C26H26F2N6O. The van der Waals surface area contributed by atoms with Gasteiger partial charge in [0, 0.05) is 24.8 Å². The van der Waals surface area contributed by atoms with E-state index < -0.39 is 11.6 Å². The zero-order valence-corrected chi connectivity index (χ0v) is 19.5. The van der Waals surface area contributed by atoms with E-state index in [9.17, 15) is 0 Å². The van der Waals surface area contributed by atoms with E-state index in [4.69, 9.17) is 4.74 Å². The van der Waals surface area contributed by atoms with E-state index in [1.165, 1.54) is 12.3 Å². The maximum Gasteiger partial charge on any atom is 0.165 e. The Morgan fingerprint density at radius 3 is 2.77 bits per heavy atom. The SMILES string of the molecule is CCC1CCCc2c1cc(F)c(-c1ncc3[nH]nc(-c4ccc(N5CCOCC5)nc4)c3n1)c2F. The van der Waals surface area contributed by atoms with Crippen LogP contribution in [0.2, 0.25) is 0 Å². The molecule has 1 N–H and O–H groups in total. The molecule has 6 rings (SSSR count). The van der Waals surface area contributed by atoms with Crippen molar-refractivity contribution in [2.45, 2.75) is 38.5 Å². The Labute approximate surface area is 201 Å². The second-order valence-electron chi connectivity index (χ2n) is 9.15. The maximum absolute atomic E-state index is 15.6. The fourth-order valence-corrected chi connectivity index (χ4v) is 5.25. The zero-order valence-electron chi connectivity index (χ0n) is 19.5. The van der Waals surface area contributed by atoms with Gasteiger partial charge in [0.2, 0.25) is 0 Å².